The largest absolute Gasteiger partial charge is 0.459 e. The number of hydrogen-bond acceptors (Lipinski definition) is 2. The van der Waals surface area contributed by atoms with Crippen LogP contribution >= 0.6 is 0 Å². The van der Waals surface area contributed by atoms with Crippen LogP contribution in [0.4, 0.5) is 4.39 Å². The molecule has 0 N–H and O–H groups in total. The van der Waals surface area contributed by atoms with Crippen LogP contribution in [0.5, 0.6) is 0 Å². The molecule has 0 unspecified atom stereocenters. The molecule has 3 heteroatoms. The Morgan fingerprint density at radius 3 is 2.67 bits per heavy atom. The summed E-state index contributed by atoms with van der Waals surface area (Å²) in [6, 6.07) is 13.5. The standard InChI is InChI=1S/C15H13FO2/c1-11(17)18-10-15(16)9-12-6-7-13-4-2-3-5-14(13)8-12/h2-9H,10H2,1H3/b15-9-. The van der Waals surface area contributed by atoms with Crippen LogP contribution in [-0.2, 0) is 9.53 Å². The van der Waals surface area contributed by atoms with Gasteiger partial charge in [0.25, 0.3) is 0 Å². The smallest absolute Gasteiger partial charge is 0.303 e. The molecule has 0 amide bonds. The number of carbonyl (C=O) groups excluding carboxylic acids is 1. The second kappa shape index (κ2) is 5.45. The molecule has 0 heterocycles. The van der Waals surface area contributed by atoms with Crippen LogP contribution in [0.3, 0.4) is 0 Å². The third-order valence-electron chi connectivity index (χ3n) is 2.51. The summed E-state index contributed by atoms with van der Waals surface area (Å²) >= 11 is 0. The molecule has 0 radical (unpaired) electrons. The Bertz CT molecular complexity index is 602. The fourth-order valence-electron chi connectivity index (χ4n) is 1.69. The Labute approximate surface area is 105 Å². The first kappa shape index (κ1) is 12.3. The average Bonchev–Trinajstić information content (AvgIpc) is 2.36. The lowest BCUT2D eigenvalue weighted by Gasteiger charge is -2.01. The van der Waals surface area contributed by atoms with Gasteiger partial charge in [-0.2, -0.15) is 0 Å². The van der Waals surface area contributed by atoms with Gasteiger partial charge >= 0.3 is 5.97 Å². The number of ether oxygens (including phenoxy) is 1. The molecule has 2 rings (SSSR count). The normalized spacial score (nSPS) is 11.6. The molecule has 2 aromatic carbocycles. The Morgan fingerprint density at radius 2 is 1.94 bits per heavy atom. The zero-order valence-corrected chi connectivity index (χ0v) is 10.0. The van der Waals surface area contributed by atoms with Gasteiger partial charge in [0.1, 0.15) is 12.4 Å². The predicted octanol–water partition coefficient (Wildman–Crippen LogP) is 3.71. The summed E-state index contributed by atoms with van der Waals surface area (Å²) in [6.07, 6.45) is 1.37. The lowest BCUT2D eigenvalue weighted by atomic mass is 10.1. The van der Waals surface area contributed by atoms with Crippen molar-refractivity contribution < 1.29 is 13.9 Å². The van der Waals surface area contributed by atoms with Gasteiger partial charge in [0.15, 0.2) is 0 Å². The number of rotatable bonds is 3. The van der Waals surface area contributed by atoms with Crippen molar-refractivity contribution >= 4 is 22.8 Å². The number of fused-ring (bicyclic) bond motifs is 1. The molecule has 0 fully saturated rings. The van der Waals surface area contributed by atoms with Crippen LogP contribution < -0.4 is 0 Å². The molecule has 18 heavy (non-hydrogen) atoms. The van der Waals surface area contributed by atoms with Crippen molar-refractivity contribution in [3.8, 4) is 0 Å². The fourth-order valence-corrected chi connectivity index (χ4v) is 1.69. The maximum Gasteiger partial charge on any atom is 0.303 e. The van der Waals surface area contributed by atoms with Crippen LogP contribution in [-0.4, -0.2) is 12.6 Å². The maximum absolute atomic E-state index is 13.4. The van der Waals surface area contributed by atoms with Gasteiger partial charge in [-0.1, -0.05) is 36.4 Å². The third kappa shape index (κ3) is 3.17. The number of esters is 1. The molecule has 0 spiro atoms. The minimum Gasteiger partial charge on any atom is -0.459 e. The first-order valence-corrected chi connectivity index (χ1v) is 5.63. The highest BCUT2D eigenvalue weighted by atomic mass is 19.1. The van der Waals surface area contributed by atoms with E-state index in [1.807, 2.05) is 42.5 Å². The van der Waals surface area contributed by atoms with Gasteiger partial charge in [0.2, 0.25) is 0 Å². The molecule has 0 aliphatic carbocycles. The summed E-state index contributed by atoms with van der Waals surface area (Å²) in [5.74, 6) is -0.961. The number of hydrogen-bond donors (Lipinski definition) is 0. The zero-order valence-electron chi connectivity index (χ0n) is 10.0. The van der Waals surface area contributed by atoms with Crippen molar-refractivity contribution in [3.05, 3.63) is 53.9 Å². The van der Waals surface area contributed by atoms with Crippen LogP contribution in [0, 0.1) is 0 Å². The van der Waals surface area contributed by atoms with Crippen molar-refractivity contribution in [2.75, 3.05) is 6.61 Å². The molecular weight excluding hydrogens is 231 g/mol. The second-order valence-electron chi connectivity index (χ2n) is 3.98. The van der Waals surface area contributed by atoms with Crippen molar-refractivity contribution in [1.29, 1.82) is 0 Å². The molecule has 0 aromatic heterocycles. The summed E-state index contributed by atoms with van der Waals surface area (Å²) in [7, 11) is 0. The van der Waals surface area contributed by atoms with Crippen molar-refractivity contribution in [2.24, 2.45) is 0 Å². The Kier molecular flexibility index (Phi) is 3.72. The van der Waals surface area contributed by atoms with Crippen LogP contribution in [0.2, 0.25) is 0 Å². The predicted molar refractivity (Wildman–Crippen MR) is 69.7 cm³/mol. The molecular formula is C15H13FO2. The Hall–Kier alpha value is -2.16. The second-order valence-corrected chi connectivity index (χ2v) is 3.98. The summed E-state index contributed by atoms with van der Waals surface area (Å²) in [4.78, 5) is 10.6. The highest BCUT2D eigenvalue weighted by Crippen LogP contribution is 2.17. The van der Waals surface area contributed by atoms with Crippen molar-refractivity contribution in [3.63, 3.8) is 0 Å². The van der Waals surface area contributed by atoms with E-state index in [-0.39, 0.29) is 6.61 Å². The molecule has 0 bridgehead atoms. The topological polar surface area (TPSA) is 26.3 Å². The van der Waals surface area contributed by atoms with Gasteiger partial charge in [-0.3, -0.25) is 4.79 Å². The van der Waals surface area contributed by atoms with E-state index in [1.165, 1.54) is 13.0 Å². The summed E-state index contributed by atoms with van der Waals surface area (Å²) in [6.45, 7) is 0.936. The van der Waals surface area contributed by atoms with Crippen LogP contribution in [0.1, 0.15) is 12.5 Å². The van der Waals surface area contributed by atoms with E-state index in [0.29, 0.717) is 0 Å². The van der Waals surface area contributed by atoms with Crippen molar-refractivity contribution in [2.45, 2.75) is 6.92 Å². The van der Waals surface area contributed by atoms with E-state index < -0.39 is 11.8 Å². The Balaban J connectivity index is 2.20. The van der Waals surface area contributed by atoms with Crippen LogP contribution in [0.25, 0.3) is 16.8 Å². The molecule has 92 valence electrons. The van der Waals surface area contributed by atoms with Gasteiger partial charge in [-0.05, 0) is 28.5 Å². The summed E-state index contributed by atoms with van der Waals surface area (Å²) in [5, 5.41) is 2.15. The van der Waals surface area contributed by atoms with Gasteiger partial charge in [-0.25, -0.2) is 4.39 Å². The molecule has 0 atom stereocenters. The van der Waals surface area contributed by atoms with Crippen molar-refractivity contribution in [1.82, 2.24) is 0 Å². The minimum atomic E-state index is -0.489. The molecule has 2 nitrogen and oxygen atoms in total. The fraction of sp³-hybridized carbons (Fsp3) is 0.133. The van der Waals surface area contributed by atoms with E-state index >= 15 is 0 Å². The lowest BCUT2D eigenvalue weighted by Crippen LogP contribution is -2.00. The summed E-state index contributed by atoms with van der Waals surface area (Å²) < 4.78 is 18.0. The van der Waals surface area contributed by atoms with Crippen LogP contribution in [0.15, 0.2) is 48.3 Å². The van der Waals surface area contributed by atoms with Gasteiger partial charge in [0, 0.05) is 6.92 Å². The maximum atomic E-state index is 13.4. The van der Waals surface area contributed by atoms with Gasteiger partial charge in [0.05, 0.1) is 0 Å². The lowest BCUT2D eigenvalue weighted by molar-refractivity contribution is -0.140. The van der Waals surface area contributed by atoms with E-state index in [2.05, 4.69) is 4.74 Å². The van der Waals surface area contributed by atoms with E-state index in [1.54, 1.807) is 0 Å². The first-order valence-electron chi connectivity index (χ1n) is 5.63. The zero-order chi connectivity index (χ0) is 13.0. The first-order chi connectivity index (χ1) is 8.65. The quantitative estimate of drug-likeness (QED) is 0.769. The highest BCUT2D eigenvalue weighted by Gasteiger charge is 2.00. The highest BCUT2D eigenvalue weighted by molar-refractivity contribution is 5.84. The van der Waals surface area contributed by atoms with E-state index in [4.69, 9.17) is 0 Å². The molecule has 0 aliphatic heterocycles. The summed E-state index contributed by atoms with van der Waals surface area (Å²) in [5.41, 5.74) is 0.748. The molecule has 0 saturated carbocycles. The average molecular weight is 244 g/mol. The van der Waals surface area contributed by atoms with E-state index in [0.717, 1.165) is 16.3 Å². The number of benzene rings is 2. The van der Waals surface area contributed by atoms with E-state index in [9.17, 15) is 9.18 Å². The minimum absolute atomic E-state index is 0.317. The molecule has 0 aliphatic rings. The molecule has 2 aromatic rings. The SMILES string of the molecule is CC(=O)OC/C(F)=C/c1ccc2ccccc2c1. The Morgan fingerprint density at radius 1 is 1.22 bits per heavy atom. The number of halogens is 1. The monoisotopic (exact) mass is 244 g/mol. The van der Waals surface area contributed by atoms with Gasteiger partial charge < -0.3 is 4.74 Å². The molecule has 0 saturated heterocycles. The third-order valence-corrected chi connectivity index (χ3v) is 2.51. The number of carbonyl (C=O) groups is 1. The van der Waals surface area contributed by atoms with Gasteiger partial charge in [-0.15, -0.1) is 0 Å².